The van der Waals surface area contributed by atoms with Crippen molar-refractivity contribution in [2.24, 2.45) is 0 Å². The predicted octanol–water partition coefficient (Wildman–Crippen LogP) is 3.35. The molecule has 0 atom stereocenters. The molecule has 0 heterocycles. The normalized spacial score (nSPS) is 9.85. The van der Waals surface area contributed by atoms with Crippen molar-refractivity contribution in [2.75, 3.05) is 11.1 Å². The Labute approximate surface area is 121 Å². The van der Waals surface area contributed by atoms with E-state index >= 15 is 0 Å². The summed E-state index contributed by atoms with van der Waals surface area (Å²) in [5, 5.41) is 11.9. The maximum absolute atomic E-state index is 12.2. The van der Waals surface area contributed by atoms with Crippen LogP contribution in [-0.2, 0) is 0 Å². The van der Waals surface area contributed by atoms with Gasteiger partial charge in [-0.05, 0) is 42.8 Å². The van der Waals surface area contributed by atoms with Crippen LogP contribution in [0.5, 0.6) is 0 Å². The number of carbonyl (C=O) groups is 1. The van der Waals surface area contributed by atoms with Crippen LogP contribution in [-0.4, -0.2) is 5.91 Å². The number of rotatable bonds is 2. The van der Waals surface area contributed by atoms with Crippen LogP contribution in [0.3, 0.4) is 0 Å². The number of nitrogens with zero attached hydrogens (tertiary/aromatic N) is 1. The van der Waals surface area contributed by atoms with Crippen LogP contribution in [0.15, 0.2) is 36.4 Å². The number of nitrogens with two attached hydrogens (primary N) is 1. The lowest BCUT2D eigenvalue weighted by atomic mass is 10.1. The molecule has 0 radical (unpaired) electrons. The lowest BCUT2D eigenvalue weighted by Gasteiger charge is -2.10. The number of halogens is 1. The summed E-state index contributed by atoms with van der Waals surface area (Å²) in [4.78, 5) is 12.2. The molecule has 100 valence electrons. The molecule has 4 nitrogen and oxygen atoms in total. The average molecular weight is 286 g/mol. The van der Waals surface area contributed by atoms with Crippen molar-refractivity contribution >= 4 is 28.9 Å². The Kier molecular flexibility index (Phi) is 3.92. The topological polar surface area (TPSA) is 78.9 Å². The minimum atomic E-state index is -0.340. The van der Waals surface area contributed by atoms with Crippen LogP contribution in [0, 0.1) is 18.3 Å². The van der Waals surface area contributed by atoms with Gasteiger partial charge in [0.2, 0.25) is 0 Å². The first kappa shape index (κ1) is 13.9. The number of aryl methyl sites for hydroxylation is 1. The van der Waals surface area contributed by atoms with Crippen LogP contribution in [0.1, 0.15) is 21.5 Å². The molecular formula is C15H12ClN3O. The van der Waals surface area contributed by atoms with Gasteiger partial charge in [-0.25, -0.2) is 0 Å². The molecule has 20 heavy (non-hydrogen) atoms. The molecule has 0 saturated carbocycles. The van der Waals surface area contributed by atoms with E-state index in [-0.39, 0.29) is 10.9 Å². The second-order valence-electron chi connectivity index (χ2n) is 4.33. The first-order valence-electron chi connectivity index (χ1n) is 5.88. The fraction of sp³-hybridized carbons (Fsp3) is 0.0667. The summed E-state index contributed by atoms with van der Waals surface area (Å²) in [6.07, 6.45) is 0. The fourth-order valence-corrected chi connectivity index (χ4v) is 2.01. The van der Waals surface area contributed by atoms with Crippen LogP contribution >= 0.6 is 11.6 Å². The van der Waals surface area contributed by atoms with E-state index in [9.17, 15) is 4.79 Å². The number of carbonyl (C=O) groups excluding carboxylic acids is 1. The molecule has 2 rings (SSSR count). The standard InChI is InChI=1S/C15H12ClN3O/c1-9-2-3-10(8-17)6-14(9)19-15(20)12-5-4-11(18)7-13(12)16/h2-7H,18H2,1H3,(H,19,20). The van der Waals surface area contributed by atoms with Gasteiger partial charge >= 0.3 is 0 Å². The van der Waals surface area contributed by atoms with Crippen LogP contribution < -0.4 is 11.1 Å². The summed E-state index contributed by atoms with van der Waals surface area (Å²) in [6.45, 7) is 1.85. The maximum atomic E-state index is 12.2. The second-order valence-corrected chi connectivity index (χ2v) is 4.74. The van der Waals surface area contributed by atoms with E-state index in [0.717, 1.165) is 5.56 Å². The highest BCUT2D eigenvalue weighted by molar-refractivity contribution is 6.34. The molecular weight excluding hydrogens is 274 g/mol. The summed E-state index contributed by atoms with van der Waals surface area (Å²) >= 11 is 6.00. The van der Waals surface area contributed by atoms with E-state index in [2.05, 4.69) is 5.32 Å². The fourth-order valence-electron chi connectivity index (χ4n) is 1.73. The number of nitriles is 1. The highest BCUT2D eigenvalue weighted by Gasteiger charge is 2.12. The number of hydrogen-bond acceptors (Lipinski definition) is 3. The molecule has 0 fully saturated rings. The van der Waals surface area contributed by atoms with E-state index in [4.69, 9.17) is 22.6 Å². The highest BCUT2D eigenvalue weighted by atomic mass is 35.5. The van der Waals surface area contributed by atoms with Gasteiger partial charge in [0.1, 0.15) is 0 Å². The Morgan fingerprint density at radius 2 is 2.05 bits per heavy atom. The Balaban J connectivity index is 2.30. The van der Waals surface area contributed by atoms with Gasteiger partial charge in [0, 0.05) is 11.4 Å². The third-order valence-corrected chi connectivity index (χ3v) is 3.17. The van der Waals surface area contributed by atoms with Gasteiger partial charge in [-0.2, -0.15) is 5.26 Å². The van der Waals surface area contributed by atoms with E-state index in [0.29, 0.717) is 22.5 Å². The van der Waals surface area contributed by atoms with E-state index < -0.39 is 0 Å². The zero-order valence-corrected chi connectivity index (χ0v) is 11.5. The van der Waals surface area contributed by atoms with Gasteiger partial charge in [-0.3, -0.25) is 4.79 Å². The van der Waals surface area contributed by atoms with Crippen molar-refractivity contribution < 1.29 is 4.79 Å². The Hall–Kier alpha value is -2.51. The summed E-state index contributed by atoms with van der Waals surface area (Å²) in [6, 6.07) is 11.8. The third-order valence-electron chi connectivity index (χ3n) is 2.85. The van der Waals surface area contributed by atoms with E-state index in [1.807, 2.05) is 13.0 Å². The second kappa shape index (κ2) is 5.64. The van der Waals surface area contributed by atoms with Crippen molar-refractivity contribution in [3.05, 3.63) is 58.1 Å². The van der Waals surface area contributed by atoms with Gasteiger partial charge < -0.3 is 11.1 Å². The molecule has 3 N–H and O–H groups in total. The number of benzene rings is 2. The Bertz CT molecular complexity index is 720. The molecule has 2 aromatic rings. The zero-order valence-electron chi connectivity index (χ0n) is 10.8. The minimum Gasteiger partial charge on any atom is -0.399 e. The van der Waals surface area contributed by atoms with Crippen LogP contribution in [0.25, 0.3) is 0 Å². The summed E-state index contributed by atoms with van der Waals surface area (Å²) in [5.74, 6) is -0.340. The number of nitrogen functional groups attached to an aromatic ring is 1. The number of nitrogens with one attached hydrogen (secondary N) is 1. The largest absolute Gasteiger partial charge is 0.399 e. The maximum Gasteiger partial charge on any atom is 0.257 e. The molecule has 0 bridgehead atoms. The minimum absolute atomic E-state index is 0.289. The highest BCUT2D eigenvalue weighted by Crippen LogP contribution is 2.22. The summed E-state index contributed by atoms with van der Waals surface area (Å²) < 4.78 is 0. The van der Waals surface area contributed by atoms with Gasteiger partial charge in [-0.1, -0.05) is 17.7 Å². The van der Waals surface area contributed by atoms with E-state index in [1.54, 1.807) is 30.3 Å². The third kappa shape index (κ3) is 2.90. The van der Waals surface area contributed by atoms with Crippen molar-refractivity contribution in [3.63, 3.8) is 0 Å². The van der Waals surface area contributed by atoms with Crippen molar-refractivity contribution in [1.82, 2.24) is 0 Å². The zero-order chi connectivity index (χ0) is 14.7. The summed E-state index contributed by atoms with van der Waals surface area (Å²) in [5.41, 5.74) is 8.35. The van der Waals surface area contributed by atoms with Gasteiger partial charge in [0.25, 0.3) is 5.91 Å². The van der Waals surface area contributed by atoms with Crippen LogP contribution in [0.2, 0.25) is 5.02 Å². The number of anilines is 2. The first-order chi connectivity index (χ1) is 9.51. The smallest absolute Gasteiger partial charge is 0.257 e. The van der Waals surface area contributed by atoms with Gasteiger partial charge in [-0.15, -0.1) is 0 Å². The quantitative estimate of drug-likeness (QED) is 0.831. The molecule has 0 unspecified atom stereocenters. The molecule has 1 amide bonds. The van der Waals surface area contributed by atoms with Crippen molar-refractivity contribution in [2.45, 2.75) is 6.92 Å². The molecule has 0 spiro atoms. The predicted molar refractivity (Wildman–Crippen MR) is 79.7 cm³/mol. The lowest BCUT2D eigenvalue weighted by Crippen LogP contribution is -2.13. The van der Waals surface area contributed by atoms with Crippen molar-refractivity contribution in [1.29, 1.82) is 5.26 Å². The van der Waals surface area contributed by atoms with Crippen molar-refractivity contribution in [3.8, 4) is 6.07 Å². The molecule has 0 aliphatic rings. The Morgan fingerprint density at radius 1 is 1.30 bits per heavy atom. The molecule has 0 aliphatic heterocycles. The molecule has 5 heteroatoms. The first-order valence-corrected chi connectivity index (χ1v) is 6.26. The lowest BCUT2D eigenvalue weighted by molar-refractivity contribution is 0.102. The SMILES string of the molecule is Cc1ccc(C#N)cc1NC(=O)c1ccc(N)cc1Cl. The molecule has 0 aromatic heterocycles. The molecule has 0 saturated heterocycles. The van der Waals surface area contributed by atoms with E-state index in [1.165, 1.54) is 6.07 Å². The molecule has 2 aromatic carbocycles. The number of amides is 1. The van der Waals surface area contributed by atoms with Gasteiger partial charge in [0.15, 0.2) is 0 Å². The number of hydrogen-bond donors (Lipinski definition) is 2. The Morgan fingerprint density at radius 3 is 2.70 bits per heavy atom. The molecule has 0 aliphatic carbocycles. The van der Waals surface area contributed by atoms with Crippen LogP contribution in [0.4, 0.5) is 11.4 Å². The monoisotopic (exact) mass is 285 g/mol. The average Bonchev–Trinajstić information content (AvgIpc) is 2.41. The summed E-state index contributed by atoms with van der Waals surface area (Å²) in [7, 11) is 0. The van der Waals surface area contributed by atoms with Gasteiger partial charge in [0.05, 0.1) is 22.2 Å².